The lowest BCUT2D eigenvalue weighted by molar-refractivity contribution is -0.130. The van der Waals surface area contributed by atoms with Crippen LogP contribution in [0, 0.1) is 0 Å². The number of carboxylic acids is 1. The van der Waals surface area contributed by atoms with Crippen molar-refractivity contribution in [3.8, 4) is 22.7 Å². The van der Waals surface area contributed by atoms with Crippen LogP contribution in [0.5, 0.6) is 0 Å². The number of rotatable bonds is 8. The maximum Gasteiger partial charge on any atom is 0.335 e. The van der Waals surface area contributed by atoms with Gasteiger partial charge in [-0.05, 0) is 81.7 Å². The van der Waals surface area contributed by atoms with Gasteiger partial charge in [-0.2, -0.15) is 0 Å². The monoisotopic (exact) mass is 579 g/mol. The number of benzene rings is 2. The fourth-order valence-electron chi connectivity index (χ4n) is 6.30. The van der Waals surface area contributed by atoms with E-state index in [4.69, 9.17) is 36.9 Å². The smallest absolute Gasteiger partial charge is 0.335 e. The number of hydrogen-bond acceptors (Lipinski definition) is 7. The number of carboxylic acid groups (broad SMARTS) is 1. The van der Waals surface area contributed by atoms with E-state index in [1.54, 1.807) is 24.3 Å². The molecule has 4 aliphatic carbocycles. The van der Waals surface area contributed by atoms with Crippen molar-refractivity contribution in [3.05, 3.63) is 75.3 Å². The summed E-state index contributed by atoms with van der Waals surface area (Å²) in [6, 6.07) is 12.0. The van der Waals surface area contributed by atoms with Crippen LogP contribution in [-0.2, 0) is 16.8 Å². The van der Waals surface area contributed by atoms with Crippen molar-refractivity contribution in [3.63, 3.8) is 0 Å². The second-order valence-corrected chi connectivity index (χ2v) is 12.1. The highest BCUT2D eigenvalue weighted by atomic mass is 35.5. The van der Waals surface area contributed by atoms with Gasteiger partial charge in [0.2, 0.25) is 11.8 Å². The number of carbonyl (C=O) groups is 1. The van der Waals surface area contributed by atoms with Crippen LogP contribution in [0.1, 0.15) is 84.9 Å². The first-order chi connectivity index (χ1) is 19.4. The number of aromatic carboxylic acids is 1. The molecule has 0 spiro atoms. The van der Waals surface area contributed by atoms with Gasteiger partial charge in [0.05, 0.1) is 27.8 Å². The maximum atomic E-state index is 11.4. The van der Waals surface area contributed by atoms with Gasteiger partial charge in [-0.25, -0.2) is 4.79 Å². The zero-order chi connectivity index (χ0) is 27.5. The third-order valence-electron chi connectivity index (χ3n) is 8.90. The standard InChI is InChI=1S/C30H27Cl2N3O5/c31-21-5-2-6-22(32)23(21)24-20(25(40-35-24)17-7-8-17)16-38-30-12-9-29(10-13-30,11-14-30)28-34-33-26(39-28)18-3-1-4-19(15-18)27(36)37/h1-6,15,17H,7-14,16H2,(H,36,37). The summed E-state index contributed by atoms with van der Waals surface area (Å²) in [7, 11) is 0. The fourth-order valence-corrected chi connectivity index (χ4v) is 6.88. The molecule has 0 saturated heterocycles. The van der Waals surface area contributed by atoms with E-state index >= 15 is 0 Å². The van der Waals surface area contributed by atoms with Gasteiger partial charge < -0.3 is 18.8 Å². The summed E-state index contributed by atoms with van der Waals surface area (Å²) < 4.78 is 18.7. The van der Waals surface area contributed by atoms with Crippen LogP contribution >= 0.6 is 23.2 Å². The van der Waals surface area contributed by atoms with E-state index in [1.165, 1.54) is 0 Å². The molecule has 2 aromatic carbocycles. The summed E-state index contributed by atoms with van der Waals surface area (Å²) in [5.74, 6) is 1.23. The quantitative estimate of drug-likeness (QED) is 0.224. The maximum absolute atomic E-state index is 11.4. The Kier molecular flexibility index (Phi) is 6.25. The molecule has 2 bridgehead atoms. The second kappa shape index (κ2) is 9.72. The van der Waals surface area contributed by atoms with Gasteiger partial charge in [0.25, 0.3) is 0 Å². The number of nitrogens with zero attached hydrogens (tertiary/aromatic N) is 3. The topological polar surface area (TPSA) is 111 Å². The van der Waals surface area contributed by atoms with Gasteiger partial charge >= 0.3 is 5.97 Å². The Morgan fingerprint density at radius 1 is 1.00 bits per heavy atom. The first kappa shape index (κ1) is 25.7. The van der Waals surface area contributed by atoms with Gasteiger partial charge in [-0.1, -0.05) is 40.5 Å². The van der Waals surface area contributed by atoms with Crippen molar-refractivity contribution in [2.75, 3.05) is 0 Å². The van der Waals surface area contributed by atoms with Gasteiger partial charge in [-0.3, -0.25) is 0 Å². The molecule has 0 aliphatic heterocycles. The number of ether oxygens (including phenoxy) is 1. The van der Waals surface area contributed by atoms with Crippen molar-refractivity contribution >= 4 is 29.2 Å². The second-order valence-electron chi connectivity index (χ2n) is 11.3. The minimum atomic E-state index is -0.992. The van der Waals surface area contributed by atoms with Gasteiger partial charge in [-0.15, -0.1) is 10.2 Å². The van der Waals surface area contributed by atoms with Crippen LogP contribution < -0.4 is 0 Å². The van der Waals surface area contributed by atoms with E-state index in [9.17, 15) is 9.90 Å². The molecule has 4 saturated carbocycles. The Balaban J connectivity index is 1.09. The molecule has 1 N–H and O–H groups in total. The van der Waals surface area contributed by atoms with Gasteiger partial charge in [0.1, 0.15) is 11.5 Å². The zero-order valence-corrected chi connectivity index (χ0v) is 23.2. The van der Waals surface area contributed by atoms with Crippen LogP contribution in [-0.4, -0.2) is 32.0 Å². The highest BCUT2D eigenvalue weighted by molar-refractivity contribution is 6.39. The average Bonchev–Trinajstić information content (AvgIpc) is 3.53. The van der Waals surface area contributed by atoms with E-state index in [0.717, 1.165) is 62.7 Å². The van der Waals surface area contributed by atoms with Crippen LogP contribution in [0.3, 0.4) is 0 Å². The lowest BCUT2D eigenvalue weighted by atomic mass is 9.58. The molecular weight excluding hydrogens is 553 g/mol. The molecule has 4 aromatic rings. The van der Waals surface area contributed by atoms with Crippen LogP contribution in [0.25, 0.3) is 22.7 Å². The predicted octanol–water partition coefficient (Wildman–Crippen LogP) is 7.84. The lowest BCUT2D eigenvalue weighted by Gasteiger charge is -2.51. The summed E-state index contributed by atoms with van der Waals surface area (Å²) in [6.45, 7) is 0.393. The first-order valence-electron chi connectivity index (χ1n) is 13.6. The number of aromatic nitrogens is 3. The Labute approximate surface area is 240 Å². The summed E-state index contributed by atoms with van der Waals surface area (Å²) in [4.78, 5) is 11.4. The third-order valence-corrected chi connectivity index (χ3v) is 9.53. The average molecular weight is 580 g/mol. The van der Waals surface area contributed by atoms with Crippen molar-refractivity contribution in [2.45, 2.75) is 74.9 Å². The van der Waals surface area contributed by atoms with Crippen LogP contribution in [0.2, 0.25) is 10.0 Å². The highest BCUT2D eigenvalue weighted by Gasteiger charge is 2.53. The van der Waals surface area contributed by atoms with E-state index < -0.39 is 5.97 Å². The van der Waals surface area contributed by atoms with Crippen molar-refractivity contribution in [1.82, 2.24) is 15.4 Å². The molecule has 4 aliphatic rings. The van der Waals surface area contributed by atoms with Crippen molar-refractivity contribution in [2.24, 2.45) is 0 Å². The van der Waals surface area contributed by atoms with Crippen molar-refractivity contribution in [1.29, 1.82) is 0 Å². The normalized spacial score (nSPS) is 23.9. The number of hydrogen-bond donors (Lipinski definition) is 1. The molecule has 206 valence electrons. The molecule has 0 atom stereocenters. The molecule has 2 heterocycles. The lowest BCUT2D eigenvalue weighted by Crippen LogP contribution is -2.49. The zero-order valence-electron chi connectivity index (χ0n) is 21.7. The number of fused-ring (bicyclic) bond motifs is 3. The third kappa shape index (κ3) is 4.42. The molecule has 2 aromatic heterocycles. The van der Waals surface area contributed by atoms with Crippen LogP contribution in [0.4, 0.5) is 0 Å². The molecule has 4 fully saturated rings. The molecule has 8 rings (SSSR count). The summed E-state index contributed by atoms with van der Waals surface area (Å²) in [5, 5.41) is 23.5. The Morgan fingerprint density at radius 3 is 2.38 bits per heavy atom. The molecular formula is C30H27Cl2N3O5. The first-order valence-corrected chi connectivity index (χ1v) is 14.4. The molecule has 10 heteroatoms. The predicted molar refractivity (Wildman–Crippen MR) is 148 cm³/mol. The highest BCUT2D eigenvalue weighted by Crippen LogP contribution is 2.55. The SMILES string of the molecule is O=C(O)c1cccc(-c2nnc(C34CCC(OCc5c(-c6c(Cl)cccc6Cl)noc5C5CC5)(CC3)CC4)o2)c1. The van der Waals surface area contributed by atoms with Crippen LogP contribution in [0.15, 0.2) is 51.4 Å². The fraction of sp³-hybridized carbons (Fsp3) is 0.400. The van der Waals surface area contributed by atoms with Gasteiger partial charge in [0, 0.05) is 28.0 Å². The molecule has 0 unspecified atom stereocenters. The summed E-state index contributed by atoms with van der Waals surface area (Å²) >= 11 is 13.1. The minimum absolute atomic E-state index is 0.185. The van der Waals surface area contributed by atoms with E-state index in [0.29, 0.717) is 51.2 Å². The van der Waals surface area contributed by atoms with E-state index in [-0.39, 0.29) is 16.6 Å². The number of halogens is 2. The summed E-state index contributed by atoms with van der Waals surface area (Å²) in [6.07, 6.45) is 7.45. The Bertz CT molecular complexity index is 1560. The molecule has 40 heavy (non-hydrogen) atoms. The largest absolute Gasteiger partial charge is 0.478 e. The Morgan fingerprint density at radius 2 is 1.70 bits per heavy atom. The molecule has 0 radical (unpaired) electrons. The van der Waals surface area contributed by atoms with Gasteiger partial charge in [0.15, 0.2) is 0 Å². The summed E-state index contributed by atoms with van der Waals surface area (Å²) in [5.41, 5.74) is 2.66. The van der Waals surface area contributed by atoms with Crippen molar-refractivity contribution < 1.29 is 23.6 Å². The van der Waals surface area contributed by atoms with E-state index in [2.05, 4.69) is 15.4 Å². The van der Waals surface area contributed by atoms with E-state index in [1.807, 2.05) is 18.2 Å². The molecule has 8 nitrogen and oxygen atoms in total. The Hall–Kier alpha value is -3.20. The molecule has 0 amide bonds. The minimum Gasteiger partial charge on any atom is -0.478 e.